The Morgan fingerprint density at radius 2 is 1.87 bits per heavy atom. The van der Waals surface area contributed by atoms with Crippen molar-refractivity contribution in [3.63, 3.8) is 0 Å². The zero-order valence-electron chi connectivity index (χ0n) is 21.6. The number of amides is 3. The van der Waals surface area contributed by atoms with E-state index in [2.05, 4.69) is 17.6 Å². The van der Waals surface area contributed by atoms with Gasteiger partial charge in [-0.25, -0.2) is 0 Å². The normalized spacial score (nSPS) is 30.3. The van der Waals surface area contributed by atoms with E-state index in [4.69, 9.17) is 11.6 Å². The maximum absolute atomic E-state index is 14.3. The molecule has 2 aromatic carbocycles. The van der Waals surface area contributed by atoms with Crippen molar-refractivity contribution in [1.82, 2.24) is 10.2 Å². The third-order valence-electron chi connectivity index (χ3n) is 8.33. The fourth-order valence-corrected chi connectivity index (χ4v) is 9.31. The molecule has 0 aromatic heterocycles. The van der Waals surface area contributed by atoms with Crippen molar-refractivity contribution in [3.8, 4) is 0 Å². The van der Waals surface area contributed by atoms with Crippen molar-refractivity contribution in [2.45, 2.75) is 55.2 Å². The van der Waals surface area contributed by atoms with Gasteiger partial charge in [0.2, 0.25) is 17.7 Å². The maximum atomic E-state index is 14.3. The number of thioether (sulfide) groups is 1. The Morgan fingerprint density at radius 3 is 2.55 bits per heavy atom. The number of aliphatic hydroxyl groups excluding tert-OH is 1. The molecule has 202 valence electrons. The summed E-state index contributed by atoms with van der Waals surface area (Å²) < 4.78 is -0.772. The minimum Gasteiger partial charge on any atom is -0.394 e. The number of halogens is 1. The van der Waals surface area contributed by atoms with Crippen molar-refractivity contribution in [2.24, 2.45) is 17.8 Å². The summed E-state index contributed by atoms with van der Waals surface area (Å²) in [5.74, 6) is -1.79. The van der Waals surface area contributed by atoms with Crippen LogP contribution >= 0.6 is 23.4 Å². The molecule has 3 aliphatic heterocycles. The monoisotopic (exact) mass is 555 g/mol. The zero-order chi connectivity index (χ0) is 27.0. The lowest BCUT2D eigenvalue weighted by Gasteiger charge is -2.40. The number of likely N-dealkylation sites (tertiary alicyclic amines) is 1. The van der Waals surface area contributed by atoms with Gasteiger partial charge in [0.1, 0.15) is 6.04 Å². The Labute approximate surface area is 232 Å². The fraction of sp³-hybridized carbons (Fsp3) is 0.483. The second-order valence-electron chi connectivity index (χ2n) is 10.6. The van der Waals surface area contributed by atoms with Crippen LogP contribution in [0.1, 0.15) is 32.3 Å². The Kier molecular flexibility index (Phi) is 7.76. The van der Waals surface area contributed by atoms with Crippen molar-refractivity contribution in [3.05, 3.63) is 65.2 Å². The summed E-state index contributed by atoms with van der Waals surface area (Å²) in [7, 11) is 0. The molecule has 9 heteroatoms. The van der Waals surface area contributed by atoms with Gasteiger partial charge in [-0.3, -0.25) is 14.4 Å². The first-order chi connectivity index (χ1) is 18.3. The van der Waals surface area contributed by atoms with Gasteiger partial charge in [0, 0.05) is 11.8 Å². The van der Waals surface area contributed by atoms with Gasteiger partial charge >= 0.3 is 0 Å². The van der Waals surface area contributed by atoms with Crippen LogP contribution in [0.25, 0.3) is 0 Å². The summed E-state index contributed by atoms with van der Waals surface area (Å²) in [6.45, 7) is 4.32. The number of para-hydroxylation sites is 1. The van der Waals surface area contributed by atoms with Crippen LogP contribution < -0.4 is 10.6 Å². The van der Waals surface area contributed by atoms with Crippen molar-refractivity contribution < 1.29 is 19.5 Å². The van der Waals surface area contributed by atoms with E-state index < -0.39 is 28.7 Å². The lowest BCUT2D eigenvalue weighted by atomic mass is 9.66. The highest BCUT2D eigenvalue weighted by atomic mass is 35.5. The second kappa shape index (κ2) is 10.9. The van der Waals surface area contributed by atoms with Crippen LogP contribution in [0.2, 0.25) is 5.02 Å². The van der Waals surface area contributed by atoms with E-state index in [-0.39, 0.29) is 35.5 Å². The van der Waals surface area contributed by atoms with Gasteiger partial charge in [0.05, 0.1) is 39.9 Å². The smallest absolute Gasteiger partial charge is 0.248 e. The summed E-state index contributed by atoms with van der Waals surface area (Å²) in [4.78, 5) is 43.5. The Morgan fingerprint density at radius 1 is 1.16 bits per heavy atom. The Bertz CT molecular complexity index is 1210. The van der Waals surface area contributed by atoms with Crippen LogP contribution in [-0.2, 0) is 20.8 Å². The standard InChI is InChI=1S/C29H34ClN3O4S/c1-3-13-31-26(35)23-22-14-17(2)29(38-22)24(23)28(37)33(19(16-34)15-18-9-5-4-6-10-18)25(29)27(36)32-21-12-8-7-11-20(21)30/h4-12,17,19,22-25,34H,3,13-16H2,1-2H3,(H,31,35)(H,32,36)/t17?,19-,22+,23-,24+,25?,29?/m1/s1. The molecule has 2 bridgehead atoms. The van der Waals surface area contributed by atoms with Crippen LogP contribution in [-0.4, -0.2) is 63.0 Å². The van der Waals surface area contributed by atoms with E-state index in [0.29, 0.717) is 23.7 Å². The summed E-state index contributed by atoms with van der Waals surface area (Å²) >= 11 is 8.00. The van der Waals surface area contributed by atoms with Gasteiger partial charge in [-0.15, -0.1) is 11.8 Å². The predicted molar refractivity (Wildman–Crippen MR) is 150 cm³/mol. The molecule has 7 nitrogen and oxygen atoms in total. The van der Waals surface area contributed by atoms with Crippen LogP contribution in [0, 0.1) is 17.8 Å². The molecule has 0 aliphatic carbocycles. The lowest BCUT2D eigenvalue weighted by molar-refractivity contribution is -0.142. The average Bonchev–Trinajstić information content (AvgIpc) is 3.51. The number of carbonyl (C=O) groups is 3. The number of aliphatic hydroxyl groups is 1. The SMILES string of the molecule is CCCNC(=O)[C@@H]1[C@@H]2CC(C)C3(S2)C(C(=O)Nc2ccccc2Cl)N([C@@H](CO)Cc2ccccc2)C(=O)[C@H]13. The largest absolute Gasteiger partial charge is 0.394 e. The lowest BCUT2D eigenvalue weighted by Crippen LogP contribution is -2.57. The number of hydrogen-bond acceptors (Lipinski definition) is 5. The van der Waals surface area contributed by atoms with Crippen LogP contribution in [0.5, 0.6) is 0 Å². The highest BCUT2D eigenvalue weighted by Gasteiger charge is 2.76. The number of fused-ring (bicyclic) bond motifs is 1. The highest BCUT2D eigenvalue weighted by molar-refractivity contribution is 8.02. The summed E-state index contributed by atoms with van der Waals surface area (Å²) in [6, 6.07) is 15.2. The quantitative estimate of drug-likeness (QED) is 0.438. The fourth-order valence-electron chi connectivity index (χ4n) is 6.72. The number of nitrogens with one attached hydrogen (secondary N) is 2. The van der Waals surface area contributed by atoms with Gasteiger partial charge in [-0.1, -0.05) is 67.9 Å². The molecule has 3 aliphatic rings. The van der Waals surface area contributed by atoms with Crippen molar-refractivity contribution in [2.75, 3.05) is 18.5 Å². The molecule has 3 saturated heterocycles. The minimum atomic E-state index is -0.855. The summed E-state index contributed by atoms with van der Waals surface area (Å²) in [5.41, 5.74) is 1.43. The molecule has 3 unspecified atom stereocenters. The van der Waals surface area contributed by atoms with E-state index in [1.165, 1.54) is 0 Å². The molecule has 2 aromatic rings. The number of benzene rings is 2. The van der Waals surface area contributed by atoms with Gasteiger partial charge in [0.15, 0.2) is 0 Å². The third kappa shape index (κ3) is 4.40. The number of nitrogens with zero attached hydrogens (tertiary/aromatic N) is 1. The minimum absolute atomic E-state index is 0.0322. The molecule has 3 N–H and O–H groups in total. The molecule has 3 amide bonds. The first-order valence-electron chi connectivity index (χ1n) is 13.3. The Balaban J connectivity index is 1.57. The van der Waals surface area contributed by atoms with E-state index in [0.717, 1.165) is 18.4 Å². The van der Waals surface area contributed by atoms with Gasteiger partial charge in [-0.2, -0.15) is 0 Å². The van der Waals surface area contributed by atoms with Crippen LogP contribution in [0.4, 0.5) is 5.69 Å². The molecule has 5 rings (SSSR count). The first kappa shape index (κ1) is 27.0. The van der Waals surface area contributed by atoms with Crippen molar-refractivity contribution >= 4 is 46.8 Å². The topological polar surface area (TPSA) is 98.7 Å². The number of rotatable bonds is 9. The van der Waals surface area contributed by atoms with E-state index in [9.17, 15) is 19.5 Å². The van der Waals surface area contributed by atoms with E-state index >= 15 is 0 Å². The van der Waals surface area contributed by atoms with Gasteiger partial charge in [0.25, 0.3) is 0 Å². The molecule has 38 heavy (non-hydrogen) atoms. The predicted octanol–water partition coefficient (Wildman–Crippen LogP) is 3.75. The number of anilines is 1. The van der Waals surface area contributed by atoms with E-state index in [1.54, 1.807) is 40.9 Å². The van der Waals surface area contributed by atoms with Gasteiger partial charge < -0.3 is 20.6 Å². The van der Waals surface area contributed by atoms with Crippen LogP contribution in [0.15, 0.2) is 54.6 Å². The van der Waals surface area contributed by atoms with Crippen molar-refractivity contribution in [1.29, 1.82) is 0 Å². The Hall–Kier alpha value is -2.55. The molecule has 3 fully saturated rings. The zero-order valence-corrected chi connectivity index (χ0v) is 23.2. The summed E-state index contributed by atoms with van der Waals surface area (Å²) in [6.07, 6.45) is 1.96. The molecule has 3 heterocycles. The number of hydrogen-bond donors (Lipinski definition) is 3. The maximum Gasteiger partial charge on any atom is 0.248 e. The van der Waals surface area contributed by atoms with E-state index in [1.807, 2.05) is 37.3 Å². The molecular formula is C29H34ClN3O4S. The molecule has 0 saturated carbocycles. The number of carbonyl (C=O) groups excluding carboxylic acids is 3. The van der Waals surface area contributed by atoms with Crippen LogP contribution in [0.3, 0.4) is 0 Å². The average molecular weight is 556 g/mol. The van der Waals surface area contributed by atoms with Gasteiger partial charge in [-0.05, 0) is 42.9 Å². The first-order valence-corrected chi connectivity index (χ1v) is 14.6. The summed E-state index contributed by atoms with van der Waals surface area (Å²) in [5, 5.41) is 16.9. The molecule has 1 spiro atoms. The molecule has 0 radical (unpaired) electrons. The second-order valence-corrected chi connectivity index (χ2v) is 12.5. The third-order valence-corrected chi connectivity index (χ3v) is 10.7. The molecule has 7 atom stereocenters. The highest BCUT2D eigenvalue weighted by Crippen LogP contribution is 2.68. The molecular weight excluding hydrogens is 522 g/mol.